The molecule has 48 heavy (non-hydrogen) atoms. The van der Waals surface area contributed by atoms with Crippen molar-refractivity contribution in [1.82, 2.24) is 0 Å². The maximum absolute atomic E-state index is 15.2. The summed E-state index contributed by atoms with van der Waals surface area (Å²) in [5, 5.41) is 56.2. The summed E-state index contributed by atoms with van der Waals surface area (Å²) in [6.45, 7) is 0.348. The van der Waals surface area contributed by atoms with Gasteiger partial charge in [0, 0.05) is 0 Å². The summed E-state index contributed by atoms with van der Waals surface area (Å²) in [6.07, 6.45) is 0. The molecule has 1 atom stereocenters. The molecule has 18 heteroatoms. The van der Waals surface area contributed by atoms with E-state index in [0.29, 0.717) is 6.92 Å². The van der Waals surface area contributed by atoms with Gasteiger partial charge in [-0.2, -0.15) is 31.6 Å². The molecule has 0 saturated carbocycles. The average molecular weight is 676 g/mol. The highest BCUT2D eigenvalue weighted by molar-refractivity contribution is 5.91. The first kappa shape index (κ1) is 35.7. The van der Waals surface area contributed by atoms with Gasteiger partial charge in [0.05, 0.1) is 33.9 Å². The molecule has 6 nitrogen and oxygen atoms in total. The monoisotopic (exact) mass is 676 g/mol. The largest absolute Gasteiger partial charge is 0.203 e. The van der Waals surface area contributed by atoms with Crippen LogP contribution in [0.5, 0.6) is 0 Å². The van der Waals surface area contributed by atoms with Crippen molar-refractivity contribution in [3.63, 3.8) is 0 Å². The number of nitrogens with zero attached hydrogens (tertiary/aromatic N) is 6. The number of hydrogen-bond donors (Lipinski definition) is 0. The Morgan fingerprint density at radius 2 is 0.729 bits per heavy atom. The van der Waals surface area contributed by atoms with Crippen molar-refractivity contribution < 1.29 is 52.7 Å². The second-order valence-corrected chi connectivity index (χ2v) is 8.97. The Balaban J connectivity index is 2.81. The molecule has 0 aliphatic heterocycles. The Morgan fingerprint density at radius 1 is 0.438 bits per heavy atom. The van der Waals surface area contributed by atoms with Crippen molar-refractivity contribution in [3.05, 3.63) is 114 Å². The Hall–Kier alpha value is -6.76. The van der Waals surface area contributed by atoms with Crippen molar-refractivity contribution in [2.45, 2.75) is 12.8 Å². The van der Waals surface area contributed by atoms with E-state index in [1.54, 1.807) is 0 Å². The summed E-state index contributed by atoms with van der Waals surface area (Å²) in [4.78, 5) is 0. The lowest BCUT2D eigenvalue weighted by molar-refractivity contribution is 0.434. The highest BCUT2D eigenvalue weighted by Crippen LogP contribution is 2.44. The van der Waals surface area contributed by atoms with Crippen molar-refractivity contribution in [3.8, 4) is 36.4 Å². The lowest BCUT2D eigenvalue weighted by atomic mass is 9.79. The third-order valence-electron chi connectivity index (χ3n) is 6.64. The lowest BCUT2D eigenvalue weighted by Gasteiger charge is -2.22. The highest BCUT2D eigenvalue weighted by Gasteiger charge is 2.38. The van der Waals surface area contributed by atoms with E-state index in [4.69, 9.17) is 15.8 Å². The van der Waals surface area contributed by atoms with Gasteiger partial charge in [0.25, 0.3) is 0 Å². The zero-order valence-electron chi connectivity index (χ0n) is 22.8. The zero-order chi connectivity index (χ0) is 36.5. The van der Waals surface area contributed by atoms with E-state index in [2.05, 4.69) is 0 Å². The number of hydrogen-bond acceptors (Lipinski definition) is 6. The molecule has 0 aliphatic rings. The molecule has 0 amide bonds. The van der Waals surface area contributed by atoms with Crippen LogP contribution in [0.15, 0.2) is 11.1 Å². The third kappa shape index (κ3) is 5.18. The van der Waals surface area contributed by atoms with Crippen molar-refractivity contribution in [2.75, 3.05) is 0 Å². The fourth-order valence-electron chi connectivity index (χ4n) is 4.43. The minimum Gasteiger partial charge on any atom is -0.203 e. The molecule has 1 unspecified atom stereocenters. The molecule has 0 fully saturated rings. The van der Waals surface area contributed by atoms with Crippen LogP contribution in [0.2, 0.25) is 0 Å². The Kier molecular flexibility index (Phi) is 9.90. The maximum Gasteiger partial charge on any atom is 0.180 e. The molecule has 3 rings (SSSR count). The number of benzene rings is 3. The predicted molar refractivity (Wildman–Crippen MR) is 132 cm³/mol. The zero-order valence-corrected chi connectivity index (χ0v) is 22.8. The summed E-state index contributed by atoms with van der Waals surface area (Å²) in [7, 11) is 0. The molecular formula is C30H4F12N6. The van der Waals surface area contributed by atoms with Crippen LogP contribution in [0.1, 0.15) is 46.2 Å². The van der Waals surface area contributed by atoms with Crippen LogP contribution >= 0.6 is 0 Å². The van der Waals surface area contributed by atoms with Gasteiger partial charge in [-0.1, -0.05) is 0 Å². The van der Waals surface area contributed by atoms with Gasteiger partial charge in [0.1, 0.15) is 53.0 Å². The van der Waals surface area contributed by atoms with E-state index < -0.39 is 131 Å². The van der Waals surface area contributed by atoms with Crippen LogP contribution in [0.3, 0.4) is 0 Å². The standard InChI is InChI=1S/C30H4F12N6/c1-8(9(2-43)16-25(37)19(31)12(5-46)20(32)26(16)38)15(10(3-44)17-27(39)21(33)13(6-47)22(34)28(17)40)11(4-45)18-29(41)23(35)14(7-48)24(36)30(18)42/h10H,1H3/b9-8?,15-11-. The molecule has 0 radical (unpaired) electrons. The SMILES string of the molecule is CC(=C(C#N)c1c(F)c(F)c(C#N)c(F)c1F)/C(=C(\C#N)c1c(F)c(F)c(C#N)c(F)c1F)C(C#N)c1c(F)c(F)c(C#N)c(F)c1F. The molecule has 3 aromatic rings. The maximum atomic E-state index is 15.2. The van der Waals surface area contributed by atoms with Gasteiger partial charge in [-0.15, -0.1) is 0 Å². The molecule has 0 saturated heterocycles. The highest BCUT2D eigenvalue weighted by atomic mass is 19.2. The second-order valence-electron chi connectivity index (χ2n) is 8.97. The molecule has 3 aromatic carbocycles. The van der Waals surface area contributed by atoms with Crippen molar-refractivity contribution >= 4 is 11.1 Å². The third-order valence-corrected chi connectivity index (χ3v) is 6.64. The Morgan fingerprint density at radius 3 is 1.00 bits per heavy atom. The van der Waals surface area contributed by atoms with Crippen LogP contribution in [-0.2, 0) is 0 Å². The first-order valence-electron chi connectivity index (χ1n) is 12.0. The predicted octanol–water partition coefficient (Wildman–Crippen LogP) is 7.55. The summed E-state index contributed by atoms with van der Waals surface area (Å²) < 4.78 is 178. The second kappa shape index (κ2) is 13.3. The average Bonchev–Trinajstić information content (AvgIpc) is 3.06. The number of nitriles is 6. The van der Waals surface area contributed by atoms with Gasteiger partial charge in [-0.25, -0.2) is 52.7 Å². The van der Waals surface area contributed by atoms with E-state index in [1.165, 1.54) is 0 Å². The van der Waals surface area contributed by atoms with E-state index >= 15 is 26.3 Å². The molecule has 238 valence electrons. The van der Waals surface area contributed by atoms with Gasteiger partial charge in [0.2, 0.25) is 0 Å². The van der Waals surface area contributed by atoms with Gasteiger partial charge in [-0.3, -0.25) is 0 Å². The van der Waals surface area contributed by atoms with Gasteiger partial charge >= 0.3 is 0 Å². The number of halogens is 12. The van der Waals surface area contributed by atoms with E-state index in [9.17, 15) is 42.1 Å². The minimum atomic E-state index is -3.22. The normalized spacial score (nSPS) is 12.3. The summed E-state index contributed by atoms with van der Waals surface area (Å²) in [6, 6.07) is 5.01. The number of allylic oxidation sites excluding steroid dienone is 4. The van der Waals surface area contributed by atoms with Gasteiger partial charge < -0.3 is 0 Å². The molecule has 0 heterocycles. The van der Waals surface area contributed by atoms with Crippen molar-refractivity contribution in [1.29, 1.82) is 31.6 Å². The topological polar surface area (TPSA) is 143 Å². The molecular weight excluding hydrogens is 672 g/mol. The van der Waals surface area contributed by atoms with Crippen LogP contribution in [-0.4, -0.2) is 0 Å². The van der Waals surface area contributed by atoms with E-state index in [0.717, 1.165) is 36.4 Å². The number of rotatable bonds is 5. The Labute approximate surface area is 259 Å². The first-order valence-corrected chi connectivity index (χ1v) is 12.0. The molecule has 0 N–H and O–H groups in total. The molecule has 0 aromatic heterocycles. The Bertz CT molecular complexity index is 2210. The summed E-state index contributed by atoms with van der Waals surface area (Å²) in [5.74, 6) is -33.7. The van der Waals surface area contributed by atoms with Crippen LogP contribution < -0.4 is 0 Å². The van der Waals surface area contributed by atoms with Crippen molar-refractivity contribution in [2.24, 2.45) is 0 Å². The fraction of sp³-hybridized carbons (Fsp3) is 0.0667. The first-order chi connectivity index (χ1) is 22.5. The summed E-state index contributed by atoms with van der Waals surface area (Å²) >= 11 is 0. The van der Waals surface area contributed by atoms with E-state index in [-0.39, 0.29) is 0 Å². The van der Waals surface area contributed by atoms with E-state index in [1.807, 2.05) is 0 Å². The van der Waals surface area contributed by atoms with Crippen LogP contribution in [0.4, 0.5) is 52.7 Å². The minimum absolute atomic E-state index is 0.348. The lowest BCUT2D eigenvalue weighted by Crippen LogP contribution is -2.16. The molecule has 0 spiro atoms. The molecule has 0 aliphatic carbocycles. The fourth-order valence-corrected chi connectivity index (χ4v) is 4.43. The summed E-state index contributed by atoms with van der Waals surface area (Å²) in [5.41, 5.74) is -19.2. The molecule has 0 bridgehead atoms. The van der Waals surface area contributed by atoms with Crippen LogP contribution in [0, 0.1) is 138 Å². The van der Waals surface area contributed by atoms with Crippen LogP contribution in [0.25, 0.3) is 11.1 Å². The van der Waals surface area contributed by atoms with Gasteiger partial charge in [0.15, 0.2) is 69.8 Å². The smallest absolute Gasteiger partial charge is 0.180 e. The van der Waals surface area contributed by atoms with Gasteiger partial charge in [-0.05, 0) is 18.1 Å². The quantitative estimate of drug-likeness (QED) is 0.118.